The molecule has 0 bridgehead atoms. The van der Waals surface area contributed by atoms with Crippen molar-refractivity contribution in [2.75, 3.05) is 25.9 Å². The summed E-state index contributed by atoms with van der Waals surface area (Å²) in [5.41, 5.74) is 9.25. The summed E-state index contributed by atoms with van der Waals surface area (Å²) in [6.45, 7) is 3.37. The molecule has 8 nitrogen and oxygen atoms in total. The second-order valence-corrected chi connectivity index (χ2v) is 8.82. The summed E-state index contributed by atoms with van der Waals surface area (Å²) >= 11 is 0. The molecule has 5 rings (SSSR count). The third-order valence-corrected chi connectivity index (χ3v) is 6.46. The van der Waals surface area contributed by atoms with Crippen molar-refractivity contribution in [1.29, 1.82) is 0 Å². The SMILES string of the molecule is Cc1cnc2ccc(-c3nc(C(=O)NCC4CCCN4C)c(N)nc3-c3ccc(F)c(F)c3)cn12. The molecule has 0 spiro atoms. The van der Waals surface area contributed by atoms with E-state index < -0.39 is 17.5 Å². The zero-order valence-corrected chi connectivity index (χ0v) is 19.4. The Bertz CT molecular complexity index is 1440. The first-order valence-corrected chi connectivity index (χ1v) is 11.4. The van der Waals surface area contributed by atoms with Crippen LogP contribution in [0, 0.1) is 18.6 Å². The number of nitrogens with zero attached hydrogens (tertiary/aromatic N) is 5. The number of anilines is 1. The van der Waals surface area contributed by atoms with Crippen molar-refractivity contribution >= 4 is 17.4 Å². The van der Waals surface area contributed by atoms with E-state index in [1.807, 2.05) is 30.6 Å². The molecule has 35 heavy (non-hydrogen) atoms. The van der Waals surface area contributed by atoms with E-state index in [-0.39, 0.29) is 23.2 Å². The van der Waals surface area contributed by atoms with Crippen LogP contribution in [0.5, 0.6) is 0 Å². The molecule has 0 aliphatic carbocycles. The molecule has 0 saturated carbocycles. The predicted octanol–water partition coefficient (Wildman–Crippen LogP) is 3.45. The van der Waals surface area contributed by atoms with Crippen LogP contribution in [0.4, 0.5) is 14.6 Å². The zero-order valence-electron chi connectivity index (χ0n) is 19.4. The highest BCUT2D eigenvalue weighted by Crippen LogP contribution is 2.32. The first-order chi connectivity index (χ1) is 16.8. The summed E-state index contributed by atoms with van der Waals surface area (Å²) in [5, 5.41) is 2.91. The van der Waals surface area contributed by atoms with E-state index in [2.05, 4.69) is 25.2 Å². The number of amides is 1. The first-order valence-electron chi connectivity index (χ1n) is 11.4. The minimum Gasteiger partial charge on any atom is -0.382 e. The number of hydrogen-bond donors (Lipinski definition) is 2. The van der Waals surface area contributed by atoms with E-state index >= 15 is 0 Å². The number of fused-ring (bicyclic) bond motifs is 1. The largest absolute Gasteiger partial charge is 0.382 e. The van der Waals surface area contributed by atoms with E-state index in [4.69, 9.17) is 5.73 Å². The predicted molar refractivity (Wildman–Crippen MR) is 129 cm³/mol. The number of pyridine rings is 1. The van der Waals surface area contributed by atoms with Gasteiger partial charge in [-0.25, -0.2) is 23.7 Å². The van der Waals surface area contributed by atoms with Gasteiger partial charge in [-0.05, 0) is 63.7 Å². The fourth-order valence-electron chi connectivity index (χ4n) is 4.44. The average molecular weight is 478 g/mol. The number of carbonyl (C=O) groups is 1. The number of likely N-dealkylation sites (tertiary alicyclic amines) is 1. The number of aryl methyl sites for hydroxylation is 1. The minimum atomic E-state index is -1.02. The van der Waals surface area contributed by atoms with Gasteiger partial charge in [0.2, 0.25) is 0 Å². The summed E-state index contributed by atoms with van der Waals surface area (Å²) in [4.78, 5) is 28.6. The average Bonchev–Trinajstić information content (AvgIpc) is 3.43. The molecule has 1 saturated heterocycles. The summed E-state index contributed by atoms with van der Waals surface area (Å²) in [6, 6.07) is 7.32. The maximum atomic E-state index is 14.1. The van der Waals surface area contributed by atoms with Crippen molar-refractivity contribution in [3.05, 3.63) is 65.7 Å². The fourth-order valence-corrected chi connectivity index (χ4v) is 4.44. The maximum absolute atomic E-state index is 14.1. The second kappa shape index (κ2) is 9.03. The van der Waals surface area contributed by atoms with Crippen LogP contribution in [0.1, 0.15) is 29.0 Å². The fraction of sp³-hybridized carbons (Fsp3) is 0.280. The van der Waals surface area contributed by atoms with Gasteiger partial charge < -0.3 is 20.4 Å². The van der Waals surface area contributed by atoms with Gasteiger partial charge in [-0.2, -0.15) is 0 Å². The third-order valence-electron chi connectivity index (χ3n) is 6.46. The maximum Gasteiger partial charge on any atom is 0.273 e. The number of aromatic nitrogens is 4. The second-order valence-electron chi connectivity index (χ2n) is 8.82. The Morgan fingerprint density at radius 2 is 1.91 bits per heavy atom. The van der Waals surface area contributed by atoms with E-state index in [0.29, 0.717) is 23.4 Å². The highest BCUT2D eigenvalue weighted by molar-refractivity contribution is 5.98. The van der Waals surface area contributed by atoms with E-state index in [1.54, 1.807) is 12.3 Å². The molecule has 180 valence electrons. The van der Waals surface area contributed by atoms with Crippen molar-refractivity contribution in [3.8, 4) is 22.5 Å². The molecule has 1 aliphatic heterocycles. The third kappa shape index (κ3) is 4.32. The van der Waals surface area contributed by atoms with Gasteiger partial charge in [0.05, 0.1) is 11.4 Å². The summed E-state index contributed by atoms with van der Waals surface area (Å²) in [6.07, 6.45) is 5.64. The summed E-state index contributed by atoms with van der Waals surface area (Å²) < 4.78 is 29.6. The van der Waals surface area contributed by atoms with E-state index in [9.17, 15) is 13.6 Å². The highest BCUT2D eigenvalue weighted by atomic mass is 19.2. The molecule has 4 aromatic rings. The van der Waals surface area contributed by atoms with Gasteiger partial charge in [0, 0.05) is 41.8 Å². The number of nitrogens with two attached hydrogens (primary N) is 1. The number of carbonyl (C=O) groups excluding carboxylic acids is 1. The smallest absolute Gasteiger partial charge is 0.273 e. The molecule has 3 aromatic heterocycles. The lowest BCUT2D eigenvalue weighted by Gasteiger charge is -2.20. The highest BCUT2D eigenvalue weighted by Gasteiger charge is 2.24. The zero-order chi connectivity index (χ0) is 24.7. The number of likely N-dealkylation sites (N-methyl/N-ethyl adjacent to an activating group) is 1. The summed E-state index contributed by atoms with van der Waals surface area (Å²) in [5.74, 6) is -2.52. The Labute approximate surface area is 200 Å². The monoisotopic (exact) mass is 477 g/mol. The molecule has 1 fully saturated rings. The molecule has 1 aliphatic rings. The van der Waals surface area contributed by atoms with Gasteiger partial charge in [-0.3, -0.25) is 4.79 Å². The molecule has 1 unspecified atom stereocenters. The minimum absolute atomic E-state index is 0.0190. The molecule has 0 radical (unpaired) electrons. The van der Waals surface area contributed by atoms with Gasteiger partial charge in [-0.15, -0.1) is 0 Å². The number of halogens is 2. The number of rotatable bonds is 5. The Hall–Kier alpha value is -3.92. The van der Waals surface area contributed by atoms with Crippen LogP contribution in [0.25, 0.3) is 28.2 Å². The van der Waals surface area contributed by atoms with Crippen LogP contribution in [0.15, 0.2) is 42.7 Å². The quantitative estimate of drug-likeness (QED) is 0.457. The van der Waals surface area contributed by atoms with Crippen molar-refractivity contribution in [1.82, 2.24) is 29.6 Å². The summed E-state index contributed by atoms with van der Waals surface area (Å²) in [7, 11) is 2.03. The van der Waals surface area contributed by atoms with Crippen molar-refractivity contribution in [2.24, 2.45) is 0 Å². The lowest BCUT2D eigenvalue weighted by atomic mass is 10.0. The topological polar surface area (TPSA) is 101 Å². The molecule has 4 heterocycles. The molecular weight excluding hydrogens is 452 g/mol. The number of benzene rings is 1. The van der Waals surface area contributed by atoms with E-state index in [1.165, 1.54) is 6.07 Å². The molecular formula is C25H25F2N7O. The molecule has 1 aromatic carbocycles. The van der Waals surface area contributed by atoms with Gasteiger partial charge in [0.25, 0.3) is 5.91 Å². The van der Waals surface area contributed by atoms with Gasteiger partial charge >= 0.3 is 0 Å². The normalized spacial score (nSPS) is 16.2. The van der Waals surface area contributed by atoms with Crippen LogP contribution in [0.2, 0.25) is 0 Å². The molecule has 1 amide bonds. The van der Waals surface area contributed by atoms with Crippen molar-refractivity contribution in [3.63, 3.8) is 0 Å². The van der Waals surface area contributed by atoms with E-state index in [0.717, 1.165) is 42.9 Å². The number of imidazole rings is 1. The standard InChI is InChI=1S/C25H25F2N7O/c1-14-11-29-20-8-6-16(13-34(14)20)22-21(15-5-7-18(26)19(27)10-15)32-24(28)23(31-22)25(35)30-12-17-4-3-9-33(17)2/h5-8,10-11,13,17H,3-4,9,12H2,1-2H3,(H2,28,32)(H,30,35). The molecule has 1 atom stereocenters. The number of hydrogen-bond acceptors (Lipinski definition) is 6. The van der Waals surface area contributed by atoms with Crippen LogP contribution >= 0.6 is 0 Å². The lowest BCUT2D eigenvalue weighted by Crippen LogP contribution is -2.38. The Balaban J connectivity index is 1.59. The van der Waals surface area contributed by atoms with Crippen LogP contribution in [0.3, 0.4) is 0 Å². The lowest BCUT2D eigenvalue weighted by molar-refractivity contribution is 0.0939. The molecule has 3 N–H and O–H groups in total. The van der Waals surface area contributed by atoms with Crippen LogP contribution < -0.4 is 11.1 Å². The van der Waals surface area contributed by atoms with Crippen molar-refractivity contribution < 1.29 is 13.6 Å². The van der Waals surface area contributed by atoms with Crippen molar-refractivity contribution in [2.45, 2.75) is 25.8 Å². The number of nitrogen functional groups attached to an aromatic ring is 1. The van der Waals surface area contributed by atoms with Gasteiger partial charge in [0.1, 0.15) is 5.65 Å². The first kappa shape index (κ1) is 22.9. The van der Waals surface area contributed by atoms with Gasteiger partial charge in [-0.1, -0.05) is 0 Å². The number of nitrogens with one attached hydrogen (secondary N) is 1. The van der Waals surface area contributed by atoms with Crippen LogP contribution in [-0.2, 0) is 0 Å². The Morgan fingerprint density at radius 3 is 2.66 bits per heavy atom. The van der Waals surface area contributed by atoms with Gasteiger partial charge in [0.15, 0.2) is 23.1 Å². The molecule has 10 heteroatoms. The van der Waals surface area contributed by atoms with Crippen LogP contribution in [-0.4, -0.2) is 56.3 Å². The Morgan fingerprint density at radius 1 is 1.14 bits per heavy atom. The Kier molecular flexibility index (Phi) is 5.89.